The minimum atomic E-state index is -0.732. The van der Waals surface area contributed by atoms with E-state index in [1.165, 1.54) is 50.7 Å². The molecule has 0 aromatic heterocycles. The van der Waals surface area contributed by atoms with Crippen LogP contribution in [0.3, 0.4) is 0 Å². The van der Waals surface area contributed by atoms with Gasteiger partial charge in [-0.05, 0) is 156 Å². The Hall–Kier alpha value is -6.99. The van der Waals surface area contributed by atoms with Crippen LogP contribution in [0.15, 0.2) is 133 Å². The zero-order chi connectivity index (χ0) is 49.3. The van der Waals surface area contributed by atoms with Crippen molar-refractivity contribution in [2.24, 2.45) is 0 Å². The van der Waals surface area contributed by atoms with Gasteiger partial charge in [-0.25, -0.2) is 17.6 Å². The molecule has 0 radical (unpaired) electrons. The second-order valence-electron chi connectivity index (χ2n) is 19.0. The Morgan fingerprint density at radius 2 is 0.849 bits per heavy atom. The molecule has 8 nitrogen and oxygen atoms in total. The number of likely N-dealkylation sites (tertiary alicyclic amines) is 2. The molecule has 0 amide bonds. The molecule has 73 heavy (non-hydrogen) atoms. The molecule has 0 bridgehead atoms. The van der Waals surface area contributed by atoms with Crippen molar-refractivity contribution < 1.29 is 46.7 Å². The lowest BCUT2D eigenvalue weighted by Crippen LogP contribution is -2.33. The van der Waals surface area contributed by atoms with E-state index in [0.29, 0.717) is 35.5 Å². The first-order valence-electron chi connectivity index (χ1n) is 24.9. The van der Waals surface area contributed by atoms with Crippen molar-refractivity contribution in [1.82, 2.24) is 9.80 Å². The van der Waals surface area contributed by atoms with Gasteiger partial charge in [-0.1, -0.05) is 73.5 Å². The number of hydrogen-bond acceptors (Lipinski definition) is 8. The van der Waals surface area contributed by atoms with Gasteiger partial charge in [-0.2, -0.15) is 0 Å². The molecule has 13 heteroatoms. The van der Waals surface area contributed by atoms with Gasteiger partial charge in [0.2, 0.25) is 0 Å². The highest BCUT2D eigenvalue weighted by Crippen LogP contribution is 2.51. The Bertz CT molecular complexity index is 3050. The lowest BCUT2D eigenvalue weighted by molar-refractivity contribution is 0.183. The standard InChI is InChI=1S/2C30H27F2NO3.ClH/c2*31-21-17-26-25-10-6-20-16-22(34)7-11-24(20)28(25)29(36-30(26)27(32)18-21)19-4-8-23(9-5-19)35-15-14-33-12-2-1-3-13-33;/h2*4-11,16-18,29,34H,1-3,12-15H2;1H. The van der Waals surface area contributed by atoms with Crippen LogP contribution >= 0.6 is 12.4 Å². The van der Waals surface area contributed by atoms with Crippen LogP contribution in [-0.2, 0) is 0 Å². The zero-order valence-electron chi connectivity index (χ0n) is 40.1. The number of ether oxygens (including phenoxy) is 4. The van der Waals surface area contributed by atoms with E-state index in [1.807, 2.05) is 84.9 Å². The van der Waals surface area contributed by atoms with Gasteiger partial charge in [0.15, 0.2) is 35.3 Å². The number of piperidine rings is 2. The maximum Gasteiger partial charge on any atom is 0.168 e. The molecule has 8 aromatic rings. The van der Waals surface area contributed by atoms with Crippen LogP contribution in [0.5, 0.6) is 34.5 Å². The molecule has 2 N–H and O–H groups in total. The highest BCUT2D eigenvalue weighted by molar-refractivity contribution is 5.96. The number of aromatic hydroxyl groups is 2. The molecule has 2 fully saturated rings. The molecule has 0 aliphatic carbocycles. The Morgan fingerprint density at radius 3 is 1.25 bits per heavy atom. The molecule has 4 heterocycles. The summed E-state index contributed by atoms with van der Waals surface area (Å²) in [5, 5.41) is 23.3. The highest BCUT2D eigenvalue weighted by atomic mass is 35.5. The monoisotopic (exact) mass is 1010 g/mol. The van der Waals surface area contributed by atoms with E-state index >= 15 is 0 Å². The average molecular weight is 1010 g/mol. The number of rotatable bonds is 10. The molecular weight excluding hydrogens is 956 g/mol. The molecule has 2 saturated heterocycles. The average Bonchev–Trinajstić information content (AvgIpc) is 3.39. The molecular formula is C60H55ClF4N2O6. The van der Waals surface area contributed by atoms with E-state index in [0.717, 1.165) is 107 Å². The lowest BCUT2D eigenvalue weighted by Gasteiger charge is -2.31. The quantitative estimate of drug-likeness (QED) is 0.131. The number of nitrogens with zero attached hydrogens (tertiary/aromatic N) is 2. The maximum atomic E-state index is 14.8. The summed E-state index contributed by atoms with van der Waals surface area (Å²) in [5.74, 6) is -0.867. The van der Waals surface area contributed by atoms with Gasteiger partial charge < -0.3 is 29.2 Å². The summed E-state index contributed by atoms with van der Waals surface area (Å²) in [6, 6.07) is 37.2. The Labute approximate surface area is 427 Å². The fourth-order valence-electron chi connectivity index (χ4n) is 10.7. The third-order valence-corrected chi connectivity index (χ3v) is 14.3. The van der Waals surface area contributed by atoms with Crippen molar-refractivity contribution in [2.75, 3.05) is 52.5 Å². The normalized spacial score (nSPS) is 17.1. The molecule has 2 atom stereocenters. The summed E-state index contributed by atoms with van der Waals surface area (Å²) in [7, 11) is 0. The Morgan fingerprint density at radius 1 is 0.452 bits per heavy atom. The van der Waals surface area contributed by atoms with Crippen LogP contribution in [0, 0.1) is 23.3 Å². The van der Waals surface area contributed by atoms with Gasteiger partial charge in [0.1, 0.15) is 47.8 Å². The van der Waals surface area contributed by atoms with Crippen molar-refractivity contribution in [3.05, 3.63) is 179 Å². The largest absolute Gasteiger partial charge is 0.508 e. The summed E-state index contributed by atoms with van der Waals surface area (Å²) in [5.41, 5.74) is 5.45. The summed E-state index contributed by atoms with van der Waals surface area (Å²) in [6.07, 6.45) is 6.41. The minimum Gasteiger partial charge on any atom is -0.508 e. The molecule has 0 saturated carbocycles. The van der Waals surface area contributed by atoms with Crippen molar-refractivity contribution in [2.45, 2.75) is 50.7 Å². The van der Waals surface area contributed by atoms with E-state index in [1.54, 1.807) is 24.3 Å². The Balaban J connectivity index is 0.000000165. The van der Waals surface area contributed by atoms with Gasteiger partial charge in [0.05, 0.1) is 0 Å². The zero-order valence-corrected chi connectivity index (χ0v) is 40.9. The third kappa shape index (κ3) is 10.5. The molecule has 376 valence electrons. The van der Waals surface area contributed by atoms with Crippen LogP contribution < -0.4 is 18.9 Å². The van der Waals surface area contributed by atoms with Crippen LogP contribution in [0.1, 0.15) is 73.0 Å². The molecule has 4 aliphatic rings. The third-order valence-electron chi connectivity index (χ3n) is 14.3. The lowest BCUT2D eigenvalue weighted by atomic mass is 9.86. The summed E-state index contributed by atoms with van der Waals surface area (Å²) in [6.45, 7) is 7.60. The van der Waals surface area contributed by atoms with E-state index in [9.17, 15) is 27.8 Å². The van der Waals surface area contributed by atoms with E-state index in [-0.39, 0.29) is 35.4 Å². The number of phenolic OH excluding ortho intramolecular Hbond substituents is 2. The molecule has 2 unspecified atom stereocenters. The molecule has 0 spiro atoms. The summed E-state index contributed by atoms with van der Waals surface area (Å²) in [4.78, 5) is 4.87. The number of halogens is 5. The van der Waals surface area contributed by atoms with Crippen molar-refractivity contribution in [3.63, 3.8) is 0 Å². The van der Waals surface area contributed by atoms with Crippen molar-refractivity contribution in [3.8, 4) is 56.8 Å². The maximum absolute atomic E-state index is 14.8. The predicted molar refractivity (Wildman–Crippen MR) is 279 cm³/mol. The van der Waals surface area contributed by atoms with Gasteiger partial charge in [0, 0.05) is 47.5 Å². The predicted octanol–water partition coefficient (Wildman–Crippen LogP) is 14.1. The summed E-state index contributed by atoms with van der Waals surface area (Å²) >= 11 is 0. The smallest absolute Gasteiger partial charge is 0.168 e. The van der Waals surface area contributed by atoms with Gasteiger partial charge in [-0.15, -0.1) is 12.4 Å². The molecule has 4 aliphatic heterocycles. The van der Waals surface area contributed by atoms with Crippen molar-refractivity contribution in [1.29, 1.82) is 0 Å². The number of phenols is 2. The molecule has 12 rings (SSSR count). The van der Waals surface area contributed by atoms with Crippen molar-refractivity contribution >= 4 is 34.0 Å². The van der Waals surface area contributed by atoms with E-state index < -0.39 is 35.5 Å². The molecule has 8 aromatic carbocycles. The fraction of sp³-hybridized carbons (Fsp3) is 0.267. The summed E-state index contributed by atoms with van der Waals surface area (Å²) < 4.78 is 82.3. The Kier molecular flexibility index (Phi) is 14.7. The second kappa shape index (κ2) is 21.6. The van der Waals surface area contributed by atoms with Crippen LogP contribution in [0.25, 0.3) is 43.8 Å². The van der Waals surface area contributed by atoms with Gasteiger partial charge >= 0.3 is 0 Å². The van der Waals surface area contributed by atoms with E-state index in [4.69, 9.17) is 18.9 Å². The van der Waals surface area contributed by atoms with Crippen LogP contribution in [0.2, 0.25) is 0 Å². The first-order chi connectivity index (χ1) is 35.1. The van der Waals surface area contributed by atoms with Crippen LogP contribution in [0.4, 0.5) is 17.6 Å². The number of fused-ring (bicyclic) bond motifs is 10. The topological polar surface area (TPSA) is 83.9 Å². The second-order valence-corrected chi connectivity index (χ2v) is 19.0. The minimum absolute atomic E-state index is 0. The van der Waals surface area contributed by atoms with E-state index in [2.05, 4.69) is 9.80 Å². The fourth-order valence-corrected chi connectivity index (χ4v) is 10.7. The first-order valence-corrected chi connectivity index (χ1v) is 24.9. The first kappa shape index (κ1) is 49.6. The highest BCUT2D eigenvalue weighted by Gasteiger charge is 2.34. The van der Waals surface area contributed by atoms with Crippen LogP contribution in [-0.4, -0.2) is 72.5 Å². The van der Waals surface area contributed by atoms with Gasteiger partial charge in [-0.3, -0.25) is 9.80 Å². The SMILES string of the molecule is Cl.Oc1ccc2c3c(ccc2c1)-c1cc(F)cc(F)c1OC3c1ccc(OCCN2CCCCC2)cc1.Oc1ccc2c3c(ccc2c1)-c1cc(F)cc(F)c1OC3c1ccc(OCCN2CCCCC2)cc1. The van der Waals surface area contributed by atoms with Gasteiger partial charge in [0.25, 0.3) is 0 Å². The number of hydrogen-bond donors (Lipinski definition) is 2. The number of benzene rings is 8.